The van der Waals surface area contributed by atoms with Crippen molar-refractivity contribution >= 4 is 34.1 Å². The highest BCUT2D eigenvalue weighted by atomic mass is 16.5. The molecule has 4 rings (SSSR count). The van der Waals surface area contributed by atoms with Gasteiger partial charge < -0.3 is 13.6 Å². The van der Waals surface area contributed by atoms with Crippen molar-refractivity contribution in [3.63, 3.8) is 0 Å². The Labute approximate surface area is 160 Å². The minimum Gasteiger partial charge on any atom is -0.458 e. The summed E-state index contributed by atoms with van der Waals surface area (Å²) in [5.74, 6) is -0.248. The topological polar surface area (TPSA) is 82.5 Å². The summed E-state index contributed by atoms with van der Waals surface area (Å²) in [6.45, 7) is 3.79. The van der Waals surface area contributed by atoms with Gasteiger partial charge in [-0.25, -0.2) is 14.6 Å². The molecule has 0 saturated heterocycles. The van der Waals surface area contributed by atoms with E-state index in [0.29, 0.717) is 28.1 Å². The summed E-state index contributed by atoms with van der Waals surface area (Å²) in [6, 6.07) is 12.5. The highest BCUT2D eigenvalue weighted by molar-refractivity contribution is 5.88. The number of oxazole rings is 1. The molecule has 0 fully saturated rings. The standard InChI is InChI=1S/C22H17NO5/c1-13-7-8-16-15(11-21(25)28-22(16)14(13)2)12-26-20(24)10-9-19-23-17-5-3-4-6-18(17)27-19/h3-11H,12H2,1-2H3/b10-9+. The fourth-order valence-corrected chi connectivity index (χ4v) is 2.94. The van der Waals surface area contributed by atoms with Crippen LogP contribution in [-0.4, -0.2) is 11.0 Å². The van der Waals surface area contributed by atoms with Crippen LogP contribution in [0.5, 0.6) is 0 Å². The van der Waals surface area contributed by atoms with Crippen molar-refractivity contribution < 1.29 is 18.4 Å². The summed E-state index contributed by atoms with van der Waals surface area (Å²) in [4.78, 5) is 28.2. The number of aromatic nitrogens is 1. The van der Waals surface area contributed by atoms with Crippen LogP contribution in [0.3, 0.4) is 0 Å². The lowest BCUT2D eigenvalue weighted by Gasteiger charge is -2.08. The van der Waals surface area contributed by atoms with Crippen LogP contribution in [0.2, 0.25) is 0 Å². The van der Waals surface area contributed by atoms with Gasteiger partial charge in [0.2, 0.25) is 5.89 Å². The van der Waals surface area contributed by atoms with Crippen LogP contribution in [0.1, 0.15) is 22.6 Å². The summed E-state index contributed by atoms with van der Waals surface area (Å²) in [7, 11) is 0. The molecule has 0 aliphatic heterocycles. The third-order valence-corrected chi connectivity index (χ3v) is 4.56. The van der Waals surface area contributed by atoms with Crippen molar-refractivity contribution in [1.29, 1.82) is 0 Å². The lowest BCUT2D eigenvalue weighted by atomic mass is 10.0. The number of carbonyl (C=O) groups excluding carboxylic acids is 1. The van der Waals surface area contributed by atoms with Crippen molar-refractivity contribution in [2.45, 2.75) is 20.5 Å². The van der Waals surface area contributed by atoms with Crippen molar-refractivity contribution in [3.05, 3.63) is 81.5 Å². The number of esters is 1. The molecule has 0 aliphatic rings. The molecule has 4 aromatic rings. The van der Waals surface area contributed by atoms with Gasteiger partial charge in [0.1, 0.15) is 17.7 Å². The molecule has 0 spiro atoms. The number of hydrogen-bond donors (Lipinski definition) is 0. The molecular weight excluding hydrogens is 358 g/mol. The summed E-state index contributed by atoms with van der Waals surface area (Å²) in [6.07, 6.45) is 2.70. The van der Waals surface area contributed by atoms with Crippen molar-refractivity contribution in [3.8, 4) is 0 Å². The minimum atomic E-state index is -0.563. The molecule has 0 saturated carbocycles. The van der Waals surface area contributed by atoms with Crippen LogP contribution in [0, 0.1) is 13.8 Å². The zero-order valence-corrected chi connectivity index (χ0v) is 15.4. The third kappa shape index (κ3) is 3.44. The van der Waals surface area contributed by atoms with E-state index in [-0.39, 0.29) is 6.61 Å². The monoisotopic (exact) mass is 375 g/mol. The molecular formula is C22H17NO5. The molecule has 0 amide bonds. The predicted molar refractivity (Wildman–Crippen MR) is 105 cm³/mol. The van der Waals surface area contributed by atoms with Gasteiger partial charge in [0, 0.05) is 29.2 Å². The first-order valence-corrected chi connectivity index (χ1v) is 8.74. The first kappa shape index (κ1) is 17.7. The van der Waals surface area contributed by atoms with Gasteiger partial charge in [0.05, 0.1) is 0 Å². The van der Waals surface area contributed by atoms with Crippen molar-refractivity contribution in [1.82, 2.24) is 4.98 Å². The average molecular weight is 375 g/mol. The third-order valence-electron chi connectivity index (χ3n) is 4.56. The lowest BCUT2D eigenvalue weighted by molar-refractivity contribution is -0.138. The smallest absolute Gasteiger partial charge is 0.336 e. The number of ether oxygens (including phenoxy) is 1. The SMILES string of the molecule is Cc1ccc2c(COC(=O)/C=C/c3nc4ccccc4o3)cc(=O)oc2c1C. The Hall–Kier alpha value is -3.67. The molecule has 140 valence electrons. The van der Waals surface area contributed by atoms with Gasteiger partial charge in [-0.3, -0.25) is 0 Å². The van der Waals surface area contributed by atoms with Crippen LogP contribution in [0.15, 0.2) is 62.2 Å². The highest BCUT2D eigenvalue weighted by Gasteiger charge is 2.11. The summed E-state index contributed by atoms with van der Waals surface area (Å²) < 4.78 is 16.1. The molecule has 0 bridgehead atoms. The predicted octanol–water partition coefficient (Wildman–Crippen LogP) is 4.31. The average Bonchev–Trinajstić information content (AvgIpc) is 3.10. The minimum absolute atomic E-state index is 0.0403. The van der Waals surface area contributed by atoms with Crippen LogP contribution >= 0.6 is 0 Å². The number of nitrogens with zero attached hydrogens (tertiary/aromatic N) is 1. The molecule has 0 N–H and O–H groups in total. The first-order chi connectivity index (χ1) is 13.5. The van der Waals surface area contributed by atoms with E-state index in [1.165, 1.54) is 18.2 Å². The van der Waals surface area contributed by atoms with E-state index in [1.54, 1.807) is 6.07 Å². The highest BCUT2D eigenvalue weighted by Crippen LogP contribution is 2.23. The van der Waals surface area contributed by atoms with Crippen molar-refractivity contribution in [2.24, 2.45) is 0 Å². The Morgan fingerprint density at radius 2 is 1.96 bits per heavy atom. The zero-order valence-electron chi connectivity index (χ0n) is 15.4. The van der Waals surface area contributed by atoms with Crippen LogP contribution in [0.25, 0.3) is 28.1 Å². The molecule has 28 heavy (non-hydrogen) atoms. The van der Waals surface area contributed by atoms with E-state index in [9.17, 15) is 9.59 Å². The van der Waals surface area contributed by atoms with Gasteiger partial charge in [-0.2, -0.15) is 0 Å². The molecule has 0 aliphatic carbocycles. The molecule has 6 heteroatoms. The molecule has 2 aromatic carbocycles. The summed E-state index contributed by atoms with van der Waals surface area (Å²) >= 11 is 0. The summed E-state index contributed by atoms with van der Waals surface area (Å²) in [5.41, 5.74) is 3.89. The molecule has 2 heterocycles. The van der Waals surface area contributed by atoms with Gasteiger partial charge in [0.15, 0.2) is 5.58 Å². The van der Waals surface area contributed by atoms with E-state index in [0.717, 1.165) is 16.5 Å². The molecule has 2 aromatic heterocycles. The molecule has 0 unspecified atom stereocenters. The van der Waals surface area contributed by atoms with Gasteiger partial charge in [-0.15, -0.1) is 0 Å². The number of hydrogen-bond acceptors (Lipinski definition) is 6. The number of rotatable bonds is 4. The fourth-order valence-electron chi connectivity index (χ4n) is 2.94. The van der Waals surface area contributed by atoms with Gasteiger partial charge in [-0.05, 0) is 37.1 Å². The van der Waals surface area contributed by atoms with E-state index in [2.05, 4.69) is 4.98 Å². The maximum absolute atomic E-state index is 12.1. The van der Waals surface area contributed by atoms with Crippen molar-refractivity contribution in [2.75, 3.05) is 0 Å². The maximum Gasteiger partial charge on any atom is 0.336 e. The zero-order chi connectivity index (χ0) is 19.7. The second-order valence-corrected chi connectivity index (χ2v) is 6.44. The quantitative estimate of drug-likeness (QED) is 0.300. The Morgan fingerprint density at radius 3 is 2.79 bits per heavy atom. The van der Waals surface area contributed by atoms with Gasteiger partial charge >= 0.3 is 11.6 Å². The summed E-state index contributed by atoms with van der Waals surface area (Å²) in [5, 5.41) is 0.749. The number of fused-ring (bicyclic) bond motifs is 2. The number of carbonyl (C=O) groups is 1. The first-order valence-electron chi connectivity index (χ1n) is 8.74. The van der Waals surface area contributed by atoms with Crippen LogP contribution in [0.4, 0.5) is 0 Å². The maximum atomic E-state index is 12.1. The van der Waals surface area contributed by atoms with Crippen LogP contribution in [-0.2, 0) is 16.1 Å². The van der Waals surface area contributed by atoms with E-state index in [4.69, 9.17) is 13.6 Å². The second-order valence-electron chi connectivity index (χ2n) is 6.44. The van der Waals surface area contributed by atoms with Gasteiger partial charge in [-0.1, -0.05) is 24.3 Å². The van der Waals surface area contributed by atoms with E-state index < -0.39 is 11.6 Å². The number of aryl methyl sites for hydroxylation is 2. The Kier molecular flexibility index (Phi) is 4.53. The van der Waals surface area contributed by atoms with Crippen LogP contribution < -0.4 is 5.63 Å². The number of para-hydroxylation sites is 2. The normalized spacial score (nSPS) is 11.5. The largest absolute Gasteiger partial charge is 0.458 e. The van der Waals surface area contributed by atoms with Gasteiger partial charge in [0.25, 0.3) is 0 Å². The second kappa shape index (κ2) is 7.15. The number of benzene rings is 2. The van der Waals surface area contributed by atoms with E-state index in [1.807, 2.05) is 44.2 Å². The Balaban J connectivity index is 1.52. The Morgan fingerprint density at radius 1 is 1.14 bits per heavy atom. The van der Waals surface area contributed by atoms with E-state index >= 15 is 0 Å². The fraction of sp³-hybridized carbons (Fsp3) is 0.136. The Bertz CT molecular complexity index is 1250. The molecule has 0 radical (unpaired) electrons. The lowest BCUT2D eigenvalue weighted by Crippen LogP contribution is -2.06. The molecule has 0 atom stereocenters. The molecule has 6 nitrogen and oxygen atoms in total.